The van der Waals surface area contributed by atoms with Crippen molar-refractivity contribution in [2.24, 2.45) is 47.2 Å². The fourth-order valence-electron chi connectivity index (χ4n) is 17.4. The number of amides is 6. The highest BCUT2D eigenvalue weighted by Gasteiger charge is 2.43. The number of nitrogens with one attached hydrogen (secondary N) is 4. The number of piperidine rings is 1. The Morgan fingerprint density at radius 2 is 1.26 bits per heavy atom. The van der Waals surface area contributed by atoms with E-state index in [0.29, 0.717) is 87.4 Å². The van der Waals surface area contributed by atoms with Gasteiger partial charge in [0, 0.05) is 98.9 Å². The molecule has 31 heteroatoms. The Hall–Kier alpha value is -10.7. The maximum atomic E-state index is 14.0. The molecule has 13 atom stereocenters. The summed E-state index contributed by atoms with van der Waals surface area (Å²) in [5.74, 6) is -2.93. The van der Waals surface area contributed by atoms with E-state index in [2.05, 4.69) is 55.0 Å². The summed E-state index contributed by atoms with van der Waals surface area (Å²) >= 11 is 2.97. The number of carbonyl (C=O) groups is 8. The number of benzene rings is 6. The Bertz CT molecular complexity index is 5300. The van der Waals surface area contributed by atoms with Crippen LogP contribution in [0.3, 0.4) is 0 Å². The third kappa shape index (κ3) is 34.0. The molecule has 3 fully saturated rings. The number of aromatic nitrogens is 3. The van der Waals surface area contributed by atoms with Gasteiger partial charge in [0.1, 0.15) is 18.4 Å². The highest BCUT2D eigenvalue weighted by atomic mass is 32.2. The predicted octanol–water partition coefficient (Wildman–Crippen LogP) is 14.0. The number of carbonyl (C=O) groups excluding carboxylic acids is 8. The number of ketones is 2. The monoisotopic (exact) mass is 1890 g/mol. The van der Waals surface area contributed by atoms with E-state index in [-0.39, 0.29) is 116 Å². The Balaban J connectivity index is 0.000000212. The molecular formula is C103H136N12O16S3. The van der Waals surface area contributed by atoms with Gasteiger partial charge in [0.25, 0.3) is 0 Å². The van der Waals surface area contributed by atoms with Gasteiger partial charge in [0.05, 0.1) is 106 Å². The molecule has 3 aliphatic rings. The van der Waals surface area contributed by atoms with Gasteiger partial charge in [-0.05, 0) is 154 Å². The van der Waals surface area contributed by atoms with E-state index < -0.39 is 93.8 Å². The third-order valence-electron chi connectivity index (χ3n) is 24.4. The highest BCUT2D eigenvalue weighted by Crippen LogP contribution is 2.40. The third-order valence-corrected chi connectivity index (χ3v) is 28.1. The van der Waals surface area contributed by atoms with Crippen molar-refractivity contribution >= 4 is 96.7 Å². The molecule has 134 heavy (non-hydrogen) atoms. The molecule has 2 saturated heterocycles. The summed E-state index contributed by atoms with van der Waals surface area (Å²) in [5, 5.41) is 50.7. The number of nitrogens with two attached hydrogens (primary N) is 2. The normalized spacial score (nSPS) is 17.7. The van der Waals surface area contributed by atoms with E-state index in [9.17, 15) is 62.1 Å². The molecule has 0 radical (unpaired) electrons. The number of aliphatic hydroxyl groups is 3. The number of anilines is 1. The van der Waals surface area contributed by atoms with Crippen LogP contribution in [0.15, 0.2) is 204 Å². The maximum absolute atomic E-state index is 14.0. The van der Waals surface area contributed by atoms with Crippen LogP contribution in [0.5, 0.6) is 0 Å². The molecule has 0 spiro atoms. The minimum atomic E-state index is -3.88. The lowest BCUT2D eigenvalue weighted by Gasteiger charge is -2.47. The molecule has 3 aromatic heterocycles. The number of primary amides is 1. The zero-order chi connectivity index (χ0) is 96.6. The number of alkyl carbamates (subject to hydrolysis) is 1. The number of pyridine rings is 1. The molecule has 0 unspecified atom stereocenters. The van der Waals surface area contributed by atoms with Crippen molar-refractivity contribution in [1.29, 1.82) is 0 Å². The number of nitrogen functional groups attached to an aromatic ring is 1. The predicted molar refractivity (Wildman–Crippen MR) is 522 cm³/mol. The lowest BCUT2D eigenvalue weighted by Crippen LogP contribution is -2.60. The van der Waals surface area contributed by atoms with Crippen LogP contribution in [0.1, 0.15) is 187 Å². The number of aliphatic hydroxyl groups excluding tert-OH is 3. The Morgan fingerprint density at radius 3 is 1.84 bits per heavy atom. The largest absolute Gasteiger partial charge is 0.460 e. The minimum absolute atomic E-state index is 0.0238. The zero-order valence-corrected chi connectivity index (χ0v) is 81.2. The van der Waals surface area contributed by atoms with E-state index in [1.165, 1.54) is 46.3 Å². The van der Waals surface area contributed by atoms with Crippen LogP contribution in [0.25, 0.3) is 10.9 Å². The lowest BCUT2D eigenvalue weighted by molar-refractivity contribution is -0.151. The van der Waals surface area contributed by atoms with E-state index in [4.69, 9.17) is 25.7 Å². The molecule has 6 amide bonds. The number of urea groups is 1. The van der Waals surface area contributed by atoms with Crippen LogP contribution in [0.4, 0.5) is 15.3 Å². The van der Waals surface area contributed by atoms with Crippen LogP contribution >= 0.6 is 22.7 Å². The van der Waals surface area contributed by atoms with Crippen molar-refractivity contribution in [3.05, 3.63) is 243 Å². The van der Waals surface area contributed by atoms with Crippen LogP contribution in [0.2, 0.25) is 0 Å². The topological polar surface area (TPSA) is 408 Å². The number of ether oxygens (including phenoxy) is 3. The quantitative estimate of drug-likeness (QED) is 0.00973. The first kappa shape index (κ1) is 105. The van der Waals surface area contributed by atoms with Crippen molar-refractivity contribution in [2.75, 3.05) is 52.2 Å². The second kappa shape index (κ2) is 51.8. The second-order valence-corrected chi connectivity index (χ2v) is 41.7. The van der Waals surface area contributed by atoms with Crippen molar-refractivity contribution < 1.29 is 76.3 Å². The fraction of sp³-hybridized carbons (Fsp3) is 0.485. The summed E-state index contributed by atoms with van der Waals surface area (Å²) in [6.07, 6.45) is 4.97. The average Bonchev–Trinajstić information content (AvgIpc) is 0.987. The van der Waals surface area contributed by atoms with Gasteiger partial charge < -0.3 is 67.2 Å². The average molecular weight is 1890 g/mol. The van der Waals surface area contributed by atoms with Crippen LogP contribution in [-0.2, 0) is 87.0 Å². The van der Waals surface area contributed by atoms with Gasteiger partial charge >= 0.3 is 18.1 Å². The lowest BCUT2D eigenvalue weighted by atomic mass is 9.72. The van der Waals surface area contributed by atoms with Crippen molar-refractivity contribution in [3.63, 3.8) is 0 Å². The molecule has 5 heterocycles. The number of hydrogen-bond acceptors (Lipinski definition) is 23. The molecule has 2 aliphatic heterocycles. The van der Waals surface area contributed by atoms with Crippen LogP contribution < -0.4 is 32.7 Å². The summed E-state index contributed by atoms with van der Waals surface area (Å²) in [4.78, 5) is 124. The number of Topliss-reactive ketones (excluding diaryl/α,β-unsaturated/α-hetero) is 2. The van der Waals surface area contributed by atoms with Crippen LogP contribution in [0, 0.1) is 41.4 Å². The summed E-state index contributed by atoms with van der Waals surface area (Å²) in [6.45, 7) is 20.0. The standard InChI is InChI=1S/C39H51N5O5.C38H49N5O5S2.C26H36N2O6S/c1-39(2,3)43-38(49)33-20-27-14-7-8-15-28(27)23-44(33)24-35(46)32(19-25-11-5-4-6-12-25)42-37(48)29(22-36(40)47)21-34(45)31-18-17-26-13-9-10-16-30(26)41-31;1-25(2)35(42-37(46)43(5)21-30-23-49-36(40-30)26(3)4)34(45)19-29(16-27-12-8-6-9-13-27)18-33(44)32(17-28-14-10-7-11-15-28)41-38(47)48-22-31-20-39-24-50-31;1-19(2)16-28(35(31,32)24-10-8-22(27)9-11-24)17-25(29)21(14-20-6-4-3-5-7-20)15-26(30)34-23-12-13-33-18-23/h4-6,9-13,16-18,27-29,32-33,35,46H,7-8,14-15,19-24H2,1-3H3,(H2,40,47)(H,42,48)(H,43,49);6-15,20,23-26,29,32-33,35,44H,16-19,21-22H2,1-5H3,(H,41,47)(H,42,46);3-11,19,21,23,25,29H,12-18,27H2,1-2H3/t27-,28+,29-,32-,33-,35+;29-,32-,33-,35-;21-,23+,25-/m001/s1. The van der Waals surface area contributed by atoms with E-state index in [1.807, 2.05) is 199 Å². The number of rotatable bonds is 43. The number of esters is 1. The fourth-order valence-corrected chi connectivity index (χ4v) is 20.3. The van der Waals surface area contributed by atoms with Gasteiger partial charge in [-0.15, -0.1) is 22.7 Å². The van der Waals surface area contributed by atoms with Crippen molar-refractivity contribution in [2.45, 2.75) is 237 Å². The summed E-state index contributed by atoms with van der Waals surface area (Å²) in [6, 6.07) is 52.5. The number of hydrogen-bond donors (Lipinski definition) is 9. The molecule has 1 saturated carbocycles. The molecule has 11 N–H and O–H groups in total. The zero-order valence-electron chi connectivity index (χ0n) is 78.8. The Kier molecular flexibility index (Phi) is 40.7. The molecule has 28 nitrogen and oxygen atoms in total. The van der Waals surface area contributed by atoms with Crippen molar-refractivity contribution in [1.82, 2.24) is 50.3 Å². The Morgan fingerprint density at radius 1 is 0.657 bits per heavy atom. The molecule has 12 rings (SSSR count). The van der Waals surface area contributed by atoms with E-state index in [1.54, 1.807) is 47.1 Å². The molecule has 1 aliphatic carbocycles. The number of likely N-dealkylation sites (tertiary alicyclic amines) is 1. The highest BCUT2D eigenvalue weighted by molar-refractivity contribution is 7.89. The summed E-state index contributed by atoms with van der Waals surface area (Å²) in [7, 11) is -2.18. The minimum Gasteiger partial charge on any atom is -0.460 e. The smallest absolute Gasteiger partial charge is 0.407 e. The number of para-hydroxylation sites is 1. The van der Waals surface area contributed by atoms with Gasteiger partial charge in [0.15, 0.2) is 11.6 Å². The van der Waals surface area contributed by atoms with Gasteiger partial charge in [0.2, 0.25) is 27.7 Å². The molecule has 9 aromatic rings. The van der Waals surface area contributed by atoms with Gasteiger partial charge in [-0.2, -0.15) is 4.31 Å². The SMILES string of the molecule is CC(C)(C)NC(=O)[C@@H]1C[C@@H]2CCCC[C@@H]2CN1C[C@@H](O)[C@H](Cc1ccccc1)NC(=O)[C@H](CC(N)=O)CC(=O)c1ccc2ccccc2n1.CC(C)CN(C[C@@H](O)[C@@H](CC(=O)O[C@H]1CCOC1)Cc1ccccc1)S(=O)(=O)c1ccc(N)cc1.CC(C)c1nc(CN(C)C(=O)N[C@H](C(=O)C[C@@H](Cc2ccccc2)C[C@H](O)[C@H](Cc2ccccc2)NC(=O)OCc2cncs2)C(C)C)cs1. The first-order valence-corrected chi connectivity index (χ1v) is 49.8. The molecule has 0 bridgehead atoms. The number of fused-ring (bicyclic) bond motifs is 2. The molecular weight excluding hydrogens is 1760 g/mol. The first-order chi connectivity index (χ1) is 64.0. The van der Waals surface area contributed by atoms with Gasteiger partial charge in [-0.1, -0.05) is 206 Å². The number of thiazole rings is 2. The second-order valence-electron chi connectivity index (χ2n) is 37.9. The Labute approximate surface area is 797 Å². The van der Waals surface area contributed by atoms with E-state index >= 15 is 0 Å². The summed E-state index contributed by atoms with van der Waals surface area (Å²) in [5.41, 5.74) is 18.5. The van der Waals surface area contributed by atoms with Gasteiger partial charge in [-0.25, -0.2) is 28.0 Å². The first-order valence-electron chi connectivity index (χ1n) is 46.6. The molecule has 6 aromatic carbocycles. The maximum Gasteiger partial charge on any atom is 0.407 e. The van der Waals surface area contributed by atoms with Crippen molar-refractivity contribution in [3.8, 4) is 0 Å². The number of sulfonamides is 1. The number of nitrogens with zero attached hydrogens (tertiary/aromatic N) is 6. The molecule has 722 valence electrons. The van der Waals surface area contributed by atoms with Gasteiger partial charge in [-0.3, -0.25) is 38.7 Å². The summed E-state index contributed by atoms with van der Waals surface area (Å²) < 4.78 is 44.4. The van der Waals surface area contributed by atoms with Crippen LogP contribution in [-0.4, -0.2) is 201 Å². The van der Waals surface area contributed by atoms with E-state index in [0.717, 1.165) is 68.9 Å². The number of β-amino-alcohol motifs (C(OH)–C–C–N with tert-alkyl or cyclic N) is 1.